The second-order valence-electron chi connectivity index (χ2n) is 6.51. The third-order valence-corrected chi connectivity index (χ3v) is 3.78. The van der Waals surface area contributed by atoms with Crippen molar-refractivity contribution in [2.75, 3.05) is 25.0 Å². The lowest BCUT2D eigenvalue weighted by Gasteiger charge is -2.27. The van der Waals surface area contributed by atoms with Gasteiger partial charge in [0.2, 0.25) is 5.91 Å². The quantitative estimate of drug-likeness (QED) is 0.825. The molecule has 0 radical (unpaired) electrons. The van der Waals surface area contributed by atoms with E-state index in [9.17, 15) is 9.90 Å². The van der Waals surface area contributed by atoms with Crippen molar-refractivity contribution in [3.63, 3.8) is 0 Å². The molecule has 2 rings (SSSR count). The number of hydrogen-bond acceptors (Lipinski definition) is 3. The Bertz CT molecular complexity index is 656. The fourth-order valence-electron chi connectivity index (χ4n) is 2.70. The maximum atomic E-state index is 12.2. The van der Waals surface area contributed by atoms with Gasteiger partial charge in [0.1, 0.15) is 0 Å². The number of nitrogens with zero attached hydrogens (tertiary/aromatic N) is 1. The van der Waals surface area contributed by atoms with Gasteiger partial charge in [-0.2, -0.15) is 0 Å². The summed E-state index contributed by atoms with van der Waals surface area (Å²) in [5.41, 5.74) is 0.0981. The number of anilines is 1. The summed E-state index contributed by atoms with van der Waals surface area (Å²) in [5.74, 6) is -0.00412. The predicted molar refractivity (Wildman–Crippen MR) is 95.6 cm³/mol. The summed E-state index contributed by atoms with van der Waals surface area (Å²) >= 11 is 0. The minimum absolute atomic E-state index is 0.00412. The molecule has 1 amide bonds. The van der Waals surface area contributed by atoms with Crippen LogP contribution in [0.3, 0.4) is 0 Å². The molecule has 0 saturated heterocycles. The largest absolute Gasteiger partial charge is 0.389 e. The molecule has 2 aromatic rings. The van der Waals surface area contributed by atoms with Crippen LogP contribution >= 0.6 is 0 Å². The number of amides is 1. The Labute approximate surface area is 138 Å². The SMILES string of the molecule is CCN(CCC(=O)Nc1cccc2ccccc12)CC(C)(C)O. The Morgan fingerprint density at radius 1 is 1.17 bits per heavy atom. The number of likely N-dealkylation sites (N-methyl/N-ethyl adjacent to an activating group) is 1. The average Bonchev–Trinajstić information content (AvgIpc) is 2.51. The lowest BCUT2D eigenvalue weighted by molar-refractivity contribution is -0.116. The second-order valence-corrected chi connectivity index (χ2v) is 6.51. The fraction of sp³-hybridized carbons (Fsp3) is 0.421. The van der Waals surface area contributed by atoms with E-state index in [1.165, 1.54) is 0 Å². The Kier molecular flexibility index (Phi) is 5.74. The summed E-state index contributed by atoms with van der Waals surface area (Å²) in [7, 11) is 0. The first-order chi connectivity index (χ1) is 10.9. The average molecular weight is 314 g/mol. The van der Waals surface area contributed by atoms with Crippen LogP contribution in [0, 0.1) is 0 Å². The minimum Gasteiger partial charge on any atom is -0.389 e. The highest BCUT2D eigenvalue weighted by atomic mass is 16.3. The van der Waals surface area contributed by atoms with Gasteiger partial charge < -0.3 is 15.3 Å². The van der Waals surface area contributed by atoms with Crippen LogP contribution in [0.2, 0.25) is 0 Å². The van der Waals surface area contributed by atoms with E-state index in [2.05, 4.69) is 10.2 Å². The summed E-state index contributed by atoms with van der Waals surface area (Å²) in [6, 6.07) is 13.9. The highest BCUT2D eigenvalue weighted by Gasteiger charge is 2.17. The zero-order valence-electron chi connectivity index (χ0n) is 14.2. The van der Waals surface area contributed by atoms with Gasteiger partial charge in [-0.05, 0) is 31.8 Å². The Balaban J connectivity index is 1.96. The van der Waals surface area contributed by atoms with Crippen LogP contribution in [-0.4, -0.2) is 41.1 Å². The molecule has 4 nitrogen and oxygen atoms in total. The van der Waals surface area contributed by atoms with Crippen LogP contribution in [0.25, 0.3) is 10.8 Å². The van der Waals surface area contributed by atoms with E-state index < -0.39 is 5.60 Å². The summed E-state index contributed by atoms with van der Waals surface area (Å²) in [6.45, 7) is 7.61. The summed E-state index contributed by atoms with van der Waals surface area (Å²) in [6.07, 6.45) is 0.410. The number of benzene rings is 2. The molecule has 0 atom stereocenters. The monoisotopic (exact) mass is 314 g/mol. The molecule has 0 aliphatic rings. The van der Waals surface area contributed by atoms with Gasteiger partial charge in [-0.1, -0.05) is 43.3 Å². The molecule has 2 aromatic carbocycles. The molecule has 0 aromatic heterocycles. The van der Waals surface area contributed by atoms with Gasteiger partial charge in [0.05, 0.1) is 5.60 Å². The van der Waals surface area contributed by atoms with Crippen molar-refractivity contribution in [2.24, 2.45) is 0 Å². The zero-order chi connectivity index (χ0) is 16.9. The molecule has 2 N–H and O–H groups in total. The first-order valence-corrected chi connectivity index (χ1v) is 8.11. The van der Waals surface area contributed by atoms with Gasteiger partial charge in [0.15, 0.2) is 0 Å². The van der Waals surface area contributed by atoms with Crippen molar-refractivity contribution in [1.82, 2.24) is 4.90 Å². The number of carbonyl (C=O) groups excluding carboxylic acids is 1. The van der Waals surface area contributed by atoms with Gasteiger partial charge >= 0.3 is 0 Å². The molecule has 0 aliphatic carbocycles. The molecule has 0 heterocycles. The molecule has 124 valence electrons. The van der Waals surface area contributed by atoms with Crippen molar-refractivity contribution < 1.29 is 9.90 Å². The number of carbonyl (C=O) groups is 1. The van der Waals surface area contributed by atoms with Crippen LogP contribution in [0.5, 0.6) is 0 Å². The Morgan fingerprint density at radius 3 is 2.57 bits per heavy atom. The first-order valence-electron chi connectivity index (χ1n) is 8.11. The number of aliphatic hydroxyl groups is 1. The topological polar surface area (TPSA) is 52.6 Å². The molecule has 4 heteroatoms. The molecular formula is C19H26N2O2. The first kappa shape index (κ1) is 17.4. The molecule has 0 unspecified atom stereocenters. The number of rotatable bonds is 7. The molecule has 0 fully saturated rings. The molecule has 23 heavy (non-hydrogen) atoms. The second kappa shape index (κ2) is 7.57. The lowest BCUT2D eigenvalue weighted by Crippen LogP contribution is -2.39. The van der Waals surface area contributed by atoms with Crippen molar-refractivity contribution in [3.8, 4) is 0 Å². The Morgan fingerprint density at radius 2 is 1.87 bits per heavy atom. The van der Waals surface area contributed by atoms with Crippen molar-refractivity contribution in [3.05, 3.63) is 42.5 Å². The molecule has 0 bridgehead atoms. The standard InChI is InChI=1S/C19H26N2O2/c1-4-21(14-19(2,3)23)13-12-18(22)20-17-11-7-9-15-8-5-6-10-16(15)17/h5-11,23H,4,12-14H2,1-3H3,(H,20,22). The highest BCUT2D eigenvalue weighted by molar-refractivity contribution is 6.02. The van der Waals surface area contributed by atoms with Crippen LogP contribution in [0.15, 0.2) is 42.5 Å². The van der Waals surface area contributed by atoms with Crippen LogP contribution in [-0.2, 0) is 4.79 Å². The maximum Gasteiger partial charge on any atom is 0.225 e. The van der Waals surface area contributed by atoms with E-state index in [0.29, 0.717) is 19.5 Å². The van der Waals surface area contributed by atoms with Gasteiger partial charge in [0.25, 0.3) is 0 Å². The summed E-state index contributed by atoms with van der Waals surface area (Å²) in [4.78, 5) is 14.3. The maximum absolute atomic E-state index is 12.2. The smallest absolute Gasteiger partial charge is 0.225 e. The number of hydrogen-bond donors (Lipinski definition) is 2. The minimum atomic E-state index is -0.748. The van der Waals surface area contributed by atoms with E-state index in [1.807, 2.05) is 49.4 Å². The van der Waals surface area contributed by atoms with Crippen LogP contribution in [0.1, 0.15) is 27.2 Å². The van der Waals surface area contributed by atoms with E-state index in [0.717, 1.165) is 23.0 Å². The van der Waals surface area contributed by atoms with E-state index in [1.54, 1.807) is 13.8 Å². The van der Waals surface area contributed by atoms with Crippen LogP contribution < -0.4 is 5.32 Å². The van der Waals surface area contributed by atoms with Gasteiger partial charge in [0, 0.05) is 30.6 Å². The Hall–Kier alpha value is -1.91. The fourth-order valence-corrected chi connectivity index (χ4v) is 2.70. The molecule has 0 saturated carbocycles. The van der Waals surface area contributed by atoms with Crippen molar-refractivity contribution >= 4 is 22.4 Å². The number of nitrogens with one attached hydrogen (secondary N) is 1. The highest BCUT2D eigenvalue weighted by Crippen LogP contribution is 2.23. The third-order valence-electron chi connectivity index (χ3n) is 3.78. The van der Waals surface area contributed by atoms with Gasteiger partial charge in [-0.15, -0.1) is 0 Å². The molecular weight excluding hydrogens is 288 g/mol. The normalized spacial score (nSPS) is 11.9. The summed E-state index contributed by atoms with van der Waals surface area (Å²) in [5, 5.41) is 15.1. The van der Waals surface area contributed by atoms with Crippen molar-refractivity contribution in [2.45, 2.75) is 32.8 Å². The van der Waals surface area contributed by atoms with Gasteiger partial charge in [-0.25, -0.2) is 0 Å². The predicted octanol–water partition coefficient (Wildman–Crippen LogP) is 3.26. The summed E-state index contributed by atoms with van der Waals surface area (Å²) < 4.78 is 0. The van der Waals surface area contributed by atoms with E-state index in [-0.39, 0.29) is 5.91 Å². The molecule has 0 spiro atoms. The van der Waals surface area contributed by atoms with Crippen molar-refractivity contribution in [1.29, 1.82) is 0 Å². The third kappa shape index (κ3) is 5.34. The van der Waals surface area contributed by atoms with Crippen LogP contribution in [0.4, 0.5) is 5.69 Å². The number of fused-ring (bicyclic) bond motifs is 1. The lowest BCUT2D eigenvalue weighted by atomic mass is 10.1. The van der Waals surface area contributed by atoms with E-state index >= 15 is 0 Å². The van der Waals surface area contributed by atoms with E-state index in [4.69, 9.17) is 0 Å². The molecule has 0 aliphatic heterocycles. The zero-order valence-corrected chi connectivity index (χ0v) is 14.2. The van der Waals surface area contributed by atoms with Gasteiger partial charge in [-0.3, -0.25) is 4.79 Å².